The van der Waals surface area contributed by atoms with E-state index in [0.29, 0.717) is 0 Å². The largest absolute Gasteiger partial charge is 0.468 e. The summed E-state index contributed by atoms with van der Waals surface area (Å²) in [6.07, 6.45) is -0.382. The first-order valence-corrected chi connectivity index (χ1v) is 5.49. The van der Waals surface area contributed by atoms with Crippen LogP contribution in [0.4, 0.5) is 10.1 Å². The summed E-state index contributed by atoms with van der Waals surface area (Å²) >= 11 is 0. The van der Waals surface area contributed by atoms with Crippen LogP contribution in [0.1, 0.15) is 5.56 Å². The zero-order valence-corrected chi connectivity index (χ0v) is 10.8. The lowest BCUT2D eigenvalue weighted by molar-refractivity contribution is -0.387. The maximum atomic E-state index is 13.9. The molecule has 0 saturated carbocycles. The highest BCUT2D eigenvalue weighted by Gasteiger charge is 2.31. The number of ether oxygens (including phenoxy) is 2. The predicted molar refractivity (Wildman–Crippen MR) is 64.3 cm³/mol. The van der Waals surface area contributed by atoms with Crippen LogP contribution in [0.5, 0.6) is 0 Å². The molecule has 1 aromatic rings. The van der Waals surface area contributed by atoms with Gasteiger partial charge in [0.15, 0.2) is 5.92 Å². The maximum absolute atomic E-state index is 13.9. The summed E-state index contributed by atoms with van der Waals surface area (Å²) in [7, 11) is 2.14. The van der Waals surface area contributed by atoms with Crippen LogP contribution in [0, 0.1) is 21.8 Å². The van der Waals surface area contributed by atoms with Crippen molar-refractivity contribution in [3.8, 4) is 0 Å². The zero-order valence-electron chi connectivity index (χ0n) is 10.8. The normalized spacial score (nSPS) is 10.2. The van der Waals surface area contributed by atoms with Crippen molar-refractivity contribution in [2.24, 2.45) is 5.92 Å². The van der Waals surface area contributed by atoms with Gasteiger partial charge in [-0.15, -0.1) is 0 Å². The minimum atomic E-state index is -1.37. The number of benzene rings is 1. The molecule has 20 heavy (non-hydrogen) atoms. The topological polar surface area (TPSA) is 95.7 Å². The molecule has 0 heterocycles. The van der Waals surface area contributed by atoms with Gasteiger partial charge in [-0.3, -0.25) is 19.7 Å². The summed E-state index contributed by atoms with van der Waals surface area (Å²) in [6.45, 7) is 0. The number of rotatable bonds is 5. The predicted octanol–water partition coefficient (Wildman–Crippen LogP) is 1.24. The van der Waals surface area contributed by atoms with Gasteiger partial charge in [-0.25, -0.2) is 0 Å². The van der Waals surface area contributed by atoms with Gasteiger partial charge in [-0.05, 0) is 12.0 Å². The quantitative estimate of drug-likeness (QED) is 0.349. The van der Waals surface area contributed by atoms with E-state index in [2.05, 4.69) is 9.47 Å². The molecule has 0 radical (unpaired) electrons. The Morgan fingerprint density at radius 1 is 1.30 bits per heavy atom. The van der Waals surface area contributed by atoms with Gasteiger partial charge in [-0.1, -0.05) is 12.1 Å². The highest BCUT2D eigenvalue weighted by molar-refractivity contribution is 5.95. The fraction of sp³-hybridized carbons (Fsp3) is 0.333. The van der Waals surface area contributed by atoms with Crippen LogP contribution in [0.15, 0.2) is 18.2 Å². The Hall–Kier alpha value is -2.51. The average molecular weight is 285 g/mol. The Morgan fingerprint density at radius 3 is 2.30 bits per heavy atom. The van der Waals surface area contributed by atoms with Crippen LogP contribution < -0.4 is 0 Å². The van der Waals surface area contributed by atoms with Crippen LogP contribution in [0.25, 0.3) is 0 Å². The summed E-state index contributed by atoms with van der Waals surface area (Å²) in [6, 6.07) is 3.51. The fourth-order valence-corrected chi connectivity index (χ4v) is 1.63. The van der Waals surface area contributed by atoms with E-state index in [-0.39, 0.29) is 12.0 Å². The summed E-state index contributed by atoms with van der Waals surface area (Å²) in [5.74, 6) is -4.26. The van der Waals surface area contributed by atoms with Crippen LogP contribution in [0.2, 0.25) is 0 Å². The van der Waals surface area contributed by atoms with Crippen LogP contribution in [-0.4, -0.2) is 31.1 Å². The molecular weight excluding hydrogens is 273 g/mol. The van der Waals surface area contributed by atoms with Crippen LogP contribution in [0.3, 0.4) is 0 Å². The first kappa shape index (κ1) is 15.5. The molecule has 0 unspecified atom stereocenters. The summed E-state index contributed by atoms with van der Waals surface area (Å²) in [4.78, 5) is 32.7. The molecule has 0 fully saturated rings. The highest BCUT2D eigenvalue weighted by atomic mass is 19.1. The van der Waals surface area contributed by atoms with E-state index in [0.717, 1.165) is 20.3 Å². The third-order valence-electron chi connectivity index (χ3n) is 2.65. The molecule has 0 spiro atoms. The molecule has 0 aliphatic heterocycles. The standard InChI is InChI=1S/C12H12FNO6/c1-19-11(15)8(12(16)20-2)6-7-4-3-5-9(10(7)13)14(17)18/h3-5,8H,6H2,1-2H3. The van der Waals surface area contributed by atoms with Gasteiger partial charge >= 0.3 is 17.6 Å². The average Bonchev–Trinajstić information content (AvgIpc) is 2.44. The van der Waals surface area contributed by atoms with E-state index in [1.165, 1.54) is 12.1 Å². The van der Waals surface area contributed by atoms with E-state index >= 15 is 0 Å². The van der Waals surface area contributed by atoms with Gasteiger partial charge in [0.1, 0.15) is 0 Å². The van der Waals surface area contributed by atoms with Gasteiger partial charge in [0.25, 0.3) is 0 Å². The molecule has 0 aliphatic carbocycles. The minimum absolute atomic E-state index is 0.139. The number of nitro benzene ring substituents is 1. The molecule has 0 aliphatic rings. The van der Waals surface area contributed by atoms with Gasteiger partial charge < -0.3 is 9.47 Å². The van der Waals surface area contributed by atoms with Gasteiger partial charge in [0, 0.05) is 6.07 Å². The van der Waals surface area contributed by atoms with Crippen LogP contribution >= 0.6 is 0 Å². The second kappa shape index (κ2) is 6.60. The SMILES string of the molecule is COC(=O)C(Cc1cccc([N+](=O)[O-])c1F)C(=O)OC. The minimum Gasteiger partial charge on any atom is -0.468 e. The first-order chi connectivity index (χ1) is 9.42. The zero-order chi connectivity index (χ0) is 15.3. The Morgan fingerprint density at radius 2 is 1.85 bits per heavy atom. The molecule has 7 nitrogen and oxygen atoms in total. The molecule has 0 saturated heterocycles. The molecule has 0 aromatic heterocycles. The number of halogens is 1. The van der Waals surface area contributed by atoms with E-state index in [1.807, 2.05) is 0 Å². The smallest absolute Gasteiger partial charge is 0.320 e. The Kier molecular flexibility index (Phi) is 5.13. The molecule has 0 bridgehead atoms. The lowest BCUT2D eigenvalue weighted by Gasteiger charge is -2.12. The van der Waals surface area contributed by atoms with Crippen molar-refractivity contribution in [3.63, 3.8) is 0 Å². The Labute approximate surface area is 113 Å². The Balaban J connectivity index is 3.12. The lowest BCUT2D eigenvalue weighted by atomic mass is 9.98. The van der Waals surface area contributed by atoms with Crippen molar-refractivity contribution >= 4 is 17.6 Å². The number of carbonyl (C=O) groups is 2. The molecule has 8 heteroatoms. The van der Waals surface area contributed by atoms with E-state index in [9.17, 15) is 24.1 Å². The number of esters is 2. The van der Waals surface area contributed by atoms with Gasteiger partial charge in [0.2, 0.25) is 5.82 Å². The third kappa shape index (κ3) is 3.28. The van der Waals surface area contributed by atoms with E-state index in [1.54, 1.807) is 0 Å². The second-order valence-corrected chi connectivity index (χ2v) is 3.81. The number of nitrogens with zero attached hydrogens (tertiary/aromatic N) is 1. The summed E-state index contributed by atoms with van der Waals surface area (Å²) in [5.41, 5.74) is -0.865. The van der Waals surface area contributed by atoms with Gasteiger partial charge in [-0.2, -0.15) is 4.39 Å². The van der Waals surface area contributed by atoms with Crippen molar-refractivity contribution in [2.45, 2.75) is 6.42 Å². The lowest BCUT2D eigenvalue weighted by Crippen LogP contribution is -2.28. The molecule has 0 atom stereocenters. The third-order valence-corrected chi connectivity index (χ3v) is 2.65. The first-order valence-electron chi connectivity index (χ1n) is 5.49. The van der Waals surface area contributed by atoms with E-state index in [4.69, 9.17) is 0 Å². The van der Waals surface area contributed by atoms with Crippen molar-refractivity contribution in [2.75, 3.05) is 14.2 Å². The highest BCUT2D eigenvalue weighted by Crippen LogP contribution is 2.23. The number of methoxy groups -OCH3 is 2. The molecule has 0 amide bonds. The van der Waals surface area contributed by atoms with E-state index < -0.39 is 34.3 Å². The number of carbonyl (C=O) groups excluding carboxylic acids is 2. The molecular formula is C12H12FNO6. The second-order valence-electron chi connectivity index (χ2n) is 3.81. The monoisotopic (exact) mass is 285 g/mol. The van der Waals surface area contributed by atoms with Crippen molar-refractivity contribution in [1.29, 1.82) is 0 Å². The molecule has 0 N–H and O–H groups in total. The Bertz CT molecular complexity index is 529. The number of hydrogen-bond acceptors (Lipinski definition) is 6. The summed E-state index contributed by atoms with van der Waals surface area (Å²) in [5, 5.41) is 10.6. The van der Waals surface area contributed by atoms with Crippen LogP contribution in [-0.2, 0) is 25.5 Å². The molecule has 108 valence electrons. The molecule has 1 rings (SSSR count). The van der Waals surface area contributed by atoms with Crippen molar-refractivity contribution in [1.82, 2.24) is 0 Å². The molecule has 1 aromatic carbocycles. The fourth-order valence-electron chi connectivity index (χ4n) is 1.63. The maximum Gasteiger partial charge on any atom is 0.320 e. The number of nitro groups is 1. The summed E-state index contributed by atoms with van der Waals surface area (Å²) < 4.78 is 22.7. The van der Waals surface area contributed by atoms with Crippen molar-refractivity contribution < 1.29 is 28.4 Å². The van der Waals surface area contributed by atoms with Gasteiger partial charge in [0.05, 0.1) is 19.1 Å². The van der Waals surface area contributed by atoms with Crippen molar-refractivity contribution in [3.05, 3.63) is 39.7 Å². The number of hydrogen-bond donors (Lipinski definition) is 0.